The van der Waals surface area contributed by atoms with Crippen LogP contribution in [0.4, 0.5) is 0 Å². The number of carbonyl (C=O) groups is 1. The first-order chi connectivity index (χ1) is 14.1. The Balaban J connectivity index is 1.53. The summed E-state index contributed by atoms with van der Waals surface area (Å²) in [6.07, 6.45) is 1.86. The molecule has 1 fully saturated rings. The second-order valence-electron chi connectivity index (χ2n) is 7.68. The molecule has 1 N–H and O–H groups in total. The van der Waals surface area contributed by atoms with E-state index in [0.29, 0.717) is 31.0 Å². The monoisotopic (exact) mass is 394 g/mol. The van der Waals surface area contributed by atoms with Crippen molar-refractivity contribution in [3.8, 4) is 5.75 Å². The first-order valence-corrected chi connectivity index (χ1v) is 9.94. The minimum Gasteiger partial charge on any atom is -0.496 e. The topological polar surface area (TPSA) is 73.6 Å². The molecular formula is C23H26N2O4. The van der Waals surface area contributed by atoms with Crippen LogP contribution in [0.3, 0.4) is 0 Å². The summed E-state index contributed by atoms with van der Waals surface area (Å²) in [4.78, 5) is 12.7. The van der Waals surface area contributed by atoms with Crippen LogP contribution in [-0.4, -0.2) is 37.9 Å². The fourth-order valence-electron chi connectivity index (χ4n) is 4.09. The summed E-state index contributed by atoms with van der Waals surface area (Å²) in [5.74, 6) is 0.788. The molecule has 0 atom stereocenters. The van der Waals surface area contributed by atoms with Gasteiger partial charge in [0.25, 0.3) is 0 Å². The molecule has 0 saturated carbocycles. The number of nitrogens with zero attached hydrogens (tertiary/aromatic N) is 1. The van der Waals surface area contributed by atoms with Gasteiger partial charge in [-0.3, -0.25) is 4.79 Å². The van der Waals surface area contributed by atoms with Crippen LogP contribution in [-0.2, 0) is 21.4 Å². The Kier molecular flexibility index (Phi) is 5.53. The van der Waals surface area contributed by atoms with Crippen molar-refractivity contribution < 1.29 is 18.8 Å². The Hall–Kier alpha value is -2.86. The van der Waals surface area contributed by atoms with Gasteiger partial charge in [-0.05, 0) is 38.0 Å². The molecule has 1 amide bonds. The van der Waals surface area contributed by atoms with Gasteiger partial charge in [0.15, 0.2) is 5.58 Å². The average Bonchev–Trinajstić information content (AvgIpc) is 3.16. The van der Waals surface area contributed by atoms with Crippen molar-refractivity contribution in [2.75, 3.05) is 26.9 Å². The molecule has 0 bridgehead atoms. The Bertz CT molecular complexity index is 1010. The number of rotatable bonds is 6. The van der Waals surface area contributed by atoms with Gasteiger partial charge in [-0.25, -0.2) is 0 Å². The maximum atomic E-state index is 12.7. The number of carbonyl (C=O) groups excluding carboxylic acids is 1. The van der Waals surface area contributed by atoms with Crippen LogP contribution in [0.25, 0.3) is 11.0 Å². The fraction of sp³-hybridized carbons (Fsp3) is 0.391. The Morgan fingerprint density at radius 1 is 1.21 bits per heavy atom. The fourth-order valence-corrected chi connectivity index (χ4v) is 4.09. The van der Waals surface area contributed by atoms with Gasteiger partial charge >= 0.3 is 0 Å². The molecule has 1 aliphatic heterocycles. The van der Waals surface area contributed by atoms with Crippen molar-refractivity contribution in [2.45, 2.75) is 31.6 Å². The largest absolute Gasteiger partial charge is 0.496 e. The molecule has 0 radical (unpaired) electrons. The van der Waals surface area contributed by atoms with Crippen LogP contribution >= 0.6 is 0 Å². The van der Waals surface area contributed by atoms with Gasteiger partial charge in [0, 0.05) is 36.1 Å². The number of methoxy groups -OCH3 is 1. The Morgan fingerprint density at radius 3 is 2.79 bits per heavy atom. The van der Waals surface area contributed by atoms with E-state index < -0.39 is 0 Å². The van der Waals surface area contributed by atoms with E-state index in [1.54, 1.807) is 7.11 Å². The van der Waals surface area contributed by atoms with Crippen molar-refractivity contribution in [1.29, 1.82) is 0 Å². The summed E-state index contributed by atoms with van der Waals surface area (Å²) in [5.41, 5.74) is 3.45. The van der Waals surface area contributed by atoms with Crippen LogP contribution in [0.1, 0.15) is 29.7 Å². The number of hydrogen-bond donors (Lipinski definition) is 1. The molecule has 6 nitrogen and oxygen atoms in total. The Morgan fingerprint density at radius 2 is 2.00 bits per heavy atom. The minimum absolute atomic E-state index is 0.0680. The minimum atomic E-state index is -0.211. The van der Waals surface area contributed by atoms with Crippen molar-refractivity contribution in [1.82, 2.24) is 10.5 Å². The molecule has 1 aromatic heterocycles. The lowest BCUT2D eigenvalue weighted by atomic mass is 9.73. The predicted octanol–water partition coefficient (Wildman–Crippen LogP) is 3.55. The van der Waals surface area contributed by atoms with Gasteiger partial charge in [-0.1, -0.05) is 35.0 Å². The molecule has 3 aromatic rings. The quantitative estimate of drug-likeness (QED) is 0.692. The first-order valence-electron chi connectivity index (χ1n) is 9.94. The smallest absolute Gasteiger partial charge is 0.226 e. The van der Waals surface area contributed by atoms with E-state index in [1.165, 1.54) is 5.56 Å². The molecule has 0 aliphatic carbocycles. The van der Waals surface area contributed by atoms with E-state index in [2.05, 4.69) is 23.5 Å². The highest BCUT2D eigenvalue weighted by Gasteiger charge is 2.37. The highest BCUT2D eigenvalue weighted by atomic mass is 16.5. The van der Waals surface area contributed by atoms with Crippen molar-refractivity contribution in [3.63, 3.8) is 0 Å². The number of amides is 1. The zero-order valence-electron chi connectivity index (χ0n) is 16.9. The van der Waals surface area contributed by atoms with Crippen LogP contribution in [0, 0.1) is 6.92 Å². The molecule has 152 valence electrons. The lowest BCUT2D eigenvalue weighted by molar-refractivity contribution is -0.121. The summed E-state index contributed by atoms with van der Waals surface area (Å²) < 4.78 is 16.6. The summed E-state index contributed by atoms with van der Waals surface area (Å²) >= 11 is 0. The Labute approximate surface area is 170 Å². The number of fused-ring (bicyclic) bond motifs is 1. The number of benzene rings is 2. The van der Waals surface area contributed by atoms with E-state index >= 15 is 0 Å². The lowest BCUT2D eigenvalue weighted by Crippen LogP contribution is -2.45. The predicted molar refractivity (Wildman–Crippen MR) is 110 cm³/mol. The SMILES string of the molecule is COc1ccc(C)cc1C1(CNC(=O)Cc2noc3ccccc23)CCOCC1. The van der Waals surface area contributed by atoms with Gasteiger partial charge in [-0.15, -0.1) is 0 Å². The normalized spacial score (nSPS) is 15.9. The van der Waals surface area contributed by atoms with Crippen LogP contribution < -0.4 is 10.1 Å². The molecule has 2 aromatic carbocycles. The number of para-hydroxylation sites is 1. The van der Waals surface area contributed by atoms with Crippen molar-refractivity contribution in [2.24, 2.45) is 0 Å². The summed E-state index contributed by atoms with van der Waals surface area (Å²) in [5, 5.41) is 8.08. The van der Waals surface area contributed by atoms with E-state index in [1.807, 2.05) is 36.4 Å². The molecule has 29 heavy (non-hydrogen) atoms. The first kappa shape index (κ1) is 19.5. The second-order valence-corrected chi connectivity index (χ2v) is 7.68. The zero-order chi connectivity index (χ0) is 20.3. The van der Waals surface area contributed by atoms with Crippen LogP contribution in [0.5, 0.6) is 5.75 Å². The van der Waals surface area contributed by atoms with Gasteiger partial charge in [0.2, 0.25) is 5.91 Å². The highest BCUT2D eigenvalue weighted by molar-refractivity contribution is 5.86. The third-order valence-corrected chi connectivity index (χ3v) is 5.78. The summed E-state index contributed by atoms with van der Waals surface area (Å²) in [7, 11) is 1.69. The second kappa shape index (κ2) is 8.25. The maximum absolute atomic E-state index is 12.7. The summed E-state index contributed by atoms with van der Waals surface area (Å²) in [6, 6.07) is 13.8. The number of hydrogen-bond acceptors (Lipinski definition) is 5. The molecule has 4 rings (SSSR count). The number of nitrogens with one attached hydrogen (secondary N) is 1. The van der Waals surface area contributed by atoms with E-state index in [0.717, 1.165) is 29.5 Å². The van der Waals surface area contributed by atoms with Crippen LogP contribution in [0.15, 0.2) is 47.0 Å². The molecule has 1 saturated heterocycles. The number of aromatic nitrogens is 1. The molecule has 0 unspecified atom stereocenters. The average molecular weight is 394 g/mol. The highest BCUT2D eigenvalue weighted by Crippen LogP contribution is 2.40. The number of ether oxygens (including phenoxy) is 2. The standard InChI is InChI=1S/C23H26N2O4/c1-16-7-8-21(27-2)18(13-16)23(9-11-28-12-10-23)15-24-22(26)14-19-17-5-3-4-6-20(17)29-25-19/h3-8,13H,9-12,14-15H2,1-2H3,(H,24,26). The van der Waals surface area contributed by atoms with Crippen molar-refractivity contribution in [3.05, 3.63) is 59.3 Å². The molecule has 0 spiro atoms. The van der Waals surface area contributed by atoms with Gasteiger partial charge in [0.05, 0.1) is 13.5 Å². The third-order valence-electron chi connectivity index (χ3n) is 5.78. The molecular weight excluding hydrogens is 368 g/mol. The summed E-state index contributed by atoms with van der Waals surface area (Å²) in [6.45, 7) is 3.94. The zero-order valence-corrected chi connectivity index (χ0v) is 16.9. The van der Waals surface area contributed by atoms with Gasteiger partial charge in [-0.2, -0.15) is 0 Å². The van der Waals surface area contributed by atoms with E-state index in [-0.39, 0.29) is 17.7 Å². The van der Waals surface area contributed by atoms with Gasteiger partial charge in [0.1, 0.15) is 11.4 Å². The van der Waals surface area contributed by atoms with E-state index in [4.69, 9.17) is 14.0 Å². The molecule has 6 heteroatoms. The molecule has 2 heterocycles. The number of aryl methyl sites for hydroxylation is 1. The van der Waals surface area contributed by atoms with Crippen LogP contribution in [0.2, 0.25) is 0 Å². The van der Waals surface area contributed by atoms with Crippen molar-refractivity contribution >= 4 is 16.9 Å². The van der Waals surface area contributed by atoms with E-state index in [9.17, 15) is 4.79 Å². The van der Waals surface area contributed by atoms with Gasteiger partial charge < -0.3 is 19.3 Å². The maximum Gasteiger partial charge on any atom is 0.226 e. The molecule has 1 aliphatic rings. The third kappa shape index (κ3) is 3.98. The lowest BCUT2D eigenvalue weighted by Gasteiger charge is -2.38.